The molecule has 0 spiro atoms. The van der Waals surface area contributed by atoms with Crippen LogP contribution in [-0.4, -0.2) is 22.6 Å². The van der Waals surface area contributed by atoms with Gasteiger partial charge in [-0.1, -0.05) is 6.92 Å². The summed E-state index contributed by atoms with van der Waals surface area (Å²) in [7, 11) is 0. The number of fused-ring (bicyclic) bond motifs is 1. The lowest BCUT2D eigenvalue weighted by atomic mass is 10.0. The summed E-state index contributed by atoms with van der Waals surface area (Å²) < 4.78 is 7.46. The molecule has 1 aromatic heterocycles. The number of ether oxygens (including phenoxy) is 1. The summed E-state index contributed by atoms with van der Waals surface area (Å²) >= 11 is 0. The summed E-state index contributed by atoms with van der Waals surface area (Å²) in [4.78, 5) is 12.1. The smallest absolute Gasteiger partial charge is 0.240 e. The molecule has 4 heteroatoms. The second kappa shape index (κ2) is 6.20. The lowest BCUT2D eigenvalue weighted by molar-refractivity contribution is -0.123. The molecule has 114 valence electrons. The summed E-state index contributed by atoms with van der Waals surface area (Å²) in [6.07, 6.45) is 2.85. The van der Waals surface area contributed by atoms with E-state index in [1.54, 1.807) is 0 Å². The van der Waals surface area contributed by atoms with Crippen molar-refractivity contribution in [2.75, 3.05) is 6.61 Å². The van der Waals surface area contributed by atoms with Gasteiger partial charge in [0.2, 0.25) is 5.91 Å². The molecule has 0 radical (unpaired) electrons. The molecule has 1 aromatic carbocycles. The van der Waals surface area contributed by atoms with Gasteiger partial charge in [-0.15, -0.1) is 0 Å². The van der Waals surface area contributed by atoms with Crippen LogP contribution in [0.3, 0.4) is 0 Å². The molecule has 0 aliphatic carbocycles. The number of rotatable bonds is 6. The third kappa shape index (κ3) is 3.78. The van der Waals surface area contributed by atoms with Crippen LogP contribution in [0.15, 0.2) is 30.5 Å². The summed E-state index contributed by atoms with van der Waals surface area (Å²) in [6, 6.07) is 7.95. The van der Waals surface area contributed by atoms with Gasteiger partial charge in [0.05, 0.1) is 6.61 Å². The molecule has 1 heterocycles. The van der Waals surface area contributed by atoms with Crippen LogP contribution in [0.25, 0.3) is 10.9 Å². The summed E-state index contributed by atoms with van der Waals surface area (Å²) in [5.74, 6) is 0.896. The molecular weight excluding hydrogens is 264 g/mol. The van der Waals surface area contributed by atoms with Crippen molar-refractivity contribution in [1.29, 1.82) is 0 Å². The molecule has 0 aliphatic heterocycles. The first kappa shape index (κ1) is 15.4. The van der Waals surface area contributed by atoms with E-state index in [9.17, 15) is 4.79 Å². The minimum absolute atomic E-state index is 0.0354. The van der Waals surface area contributed by atoms with Crippen LogP contribution in [0.1, 0.15) is 34.1 Å². The van der Waals surface area contributed by atoms with Gasteiger partial charge in [-0.05, 0) is 51.5 Å². The monoisotopic (exact) mass is 288 g/mol. The summed E-state index contributed by atoms with van der Waals surface area (Å²) in [5, 5.41) is 4.14. The van der Waals surface area contributed by atoms with Crippen molar-refractivity contribution in [3.8, 4) is 5.75 Å². The predicted octanol–water partition coefficient (Wildman–Crippen LogP) is 3.34. The van der Waals surface area contributed by atoms with Crippen LogP contribution in [0.5, 0.6) is 5.75 Å². The van der Waals surface area contributed by atoms with Gasteiger partial charge in [-0.2, -0.15) is 0 Å². The fourth-order valence-corrected chi connectivity index (χ4v) is 2.23. The molecule has 0 unspecified atom stereocenters. The maximum atomic E-state index is 12.1. The highest BCUT2D eigenvalue weighted by molar-refractivity contribution is 5.84. The molecule has 2 aromatic rings. The van der Waals surface area contributed by atoms with Gasteiger partial charge in [0.15, 0.2) is 0 Å². The molecule has 0 atom stereocenters. The Morgan fingerprint density at radius 3 is 2.71 bits per heavy atom. The predicted molar refractivity (Wildman–Crippen MR) is 85.6 cm³/mol. The Labute approximate surface area is 126 Å². The zero-order valence-electron chi connectivity index (χ0n) is 13.3. The lowest BCUT2D eigenvalue weighted by Crippen LogP contribution is -2.44. The Kier molecular flexibility index (Phi) is 4.56. The Balaban J connectivity index is 2.14. The van der Waals surface area contributed by atoms with Gasteiger partial charge < -0.3 is 14.6 Å². The van der Waals surface area contributed by atoms with Crippen molar-refractivity contribution < 1.29 is 9.53 Å². The van der Waals surface area contributed by atoms with Crippen molar-refractivity contribution in [2.24, 2.45) is 0 Å². The van der Waals surface area contributed by atoms with Crippen molar-refractivity contribution in [3.05, 3.63) is 30.5 Å². The largest absolute Gasteiger partial charge is 0.494 e. The van der Waals surface area contributed by atoms with E-state index in [0.29, 0.717) is 13.2 Å². The summed E-state index contributed by atoms with van der Waals surface area (Å²) in [5.41, 5.74) is 0.880. The highest BCUT2D eigenvalue weighted by Crippen LogP contribution is 2.22. The Bertz CT molecular complexity index is 629. The SMILES string of the molecule is CCOc1ccc2c(ccn2CC(=O)NC(C)(C)CC)c1. The molecule has 0 saturated heterocycles. The molecule has 1 amide bonds. The van der Waals surface area contributed by atoms with Crippen molar-refractivity contribution in [2.45, 2.75) is 46.2 Å². The first-order chi connectivity index (χ1) is 9.95. The van der Waals surface area contributed by atoms with E-state index in [2.05, 4.69) is 12.2 Å². The normalized spacial score (nSPS) is 11.6. The van der Waals surface area contributed by atoms with Crippen molar-refractivity contribution in [3.63, 3.8) is 0 Å². The average molecular weight is 288 g/mol. The minimum Gasteiger partial charge on any atom is -0.494 e. The molecule has 0 bridgehead atoms. The van der Waals surface area contributed by atoms with Crippen LogP contribution >= 0.6 is 0 Å². The molecule has 21 heavy (non-hydrogen) atoms. The number of benzene rings is 1. The van der Waals surface area contributed by atoms with Gasteiger partial charge >= 0.3 is 0 Å². The zero-order chi connectivity index (χ0) is 15.5. The first-order valence-corrected chi connectivity index (χ1v) is 7.48. The van der Waals surface area contributed by atoms with Crippen molar-refractivity contribution in [1.82, 2.24) is 9.88 Å². The van der Waals surface area contributed by atoms with Crippen LogP contribution in [0.4, 0.5) is 0 Å². The number of hydrogen-bond acceptors (Lipinski definition) is 2. The number of carbonyl (C=O) groups is 1. The van der Waals surface area contributed by atoms with E-state index in [-0.39, 0.29) is 11.4 Å². The molecule has 2 rings (SSSR count). The number of hydrogen-bond donors (Lipinski definition) is 1. The van der Waals surface area contributed by atoms with E-state index in [1.165, 1.54) is 0 Å². The highest BCUT2D eigenvalue weighted by Gasteiger charge is 2.18. The van der Waals surface area contributed by atoms with E-state index < -0.39 is 0 Å². The standard InChI is InChI=1S/C17H24N2O2/c1-5-17(3,4)18-16(20)12-19-10-9-13-11-14(21-6-2)7-8-15(13)19/h7-11H,5-6,12H2,1-4H3,(H,18,20). The van der Waals surface area contributed by atoms with Crippen molar-refractivity contribution >= 4 is 16.8 Å². The van der Waals surface area contributed by atoms with Gasteiger partial charge in [0.1, 0.15) is 12.3 Å². The van der Waals surface area contributed by atoms with Gasteiger partial charge in [-0.3, -0.25) is 4.79 Å². The third-order valence-corrected chi connectivity index (χ3v) is 3.73. The number of nitrogens with one attached hydrogen (secondary N) is 1. The van der Waals surface area contributed by atoms with Crippen LogP contribution in [0, 0.1) is 0 Å². The Hall–Kier alpha value is -1.97. The van der Waals surface area contributed by atoms with Gasteiger partial charge in [0.25, 0.3) is 0 Å². The molecule has 0 saturated carbocycles. The number of nitrogens with zero attached hydrogens (tertiary/aromatic N) is 1. The van der Waals surface area contributed by atoms with E-state index >= 15 is 0 Å². The number of amides is 1. The fraction of sp³-hybridized carbons (Fsp3) is 0.471. The molecular formula is C17H24N2O2. The third-order valence-electron chi connectivity index (χ3n) is 3.73. The van der Waals surface area contributed by atoms with Gasteiger partial charge in [0, 0.05) is 22.6 Å². The fourth-order valence-electron chi connectivity index (χ4n) is 2.23. The number of carbonyl (C=O) groups excluding carboxylic acids is 1. The Morgan fingerprint density at radius 2 is 2.05 bits per heavy atom. The zero-order valence-corrected chi connectivity index (χ0v) is 13.3. The van der Waals surface area contributed by atoms with E-state index in [0.717, 1.165) is 23.1 Å². The molecule has 0 fully saturated rings. The lowest BCUT2D eigenvalue weighted by Gasteiger charge is -2.24. The minimum atomic E-state index is -0.165. The highest BCUT2D eigenvalue weighted by atomic mass is 16.5. The quantitative estimate of drug-likeness (QED) is 0.886. The second-order valence-electron chi connectivity index (χ2n) is 5.88. The molecule has 4 nitrogen and oxygen atoms in total. The second-order valence-corrected chi connectivity index (χ2v) is 5.88. The van der Waals surface area contributed by atoms with Crippen LogP contribution in [0.2, 0.25) is 0 Å². The van der Waals surface area contributed by atoms with E-state index in [4.69, 9.17) is 4.74 Å². The van der Waals surface area contributed by atoms with Crippen LogP contribution in [-0.2, 0) is 11.3 Å². The van der Waals surface area contributed by atoms with Gasteiger partial charge in [-0.25, -0.2) is 0 Å². The van der Waals surface area contributed by atoms with Crippen LogP contribution < -0.4 is 10.1 Å². The van der Waals surface area contributed by atoms with E-state index in [1.807, 2.05) is 55.8 Å². The molecule has 1 N–H and O–H groups in total. The first-order valence-electron chi connectivity index (χ1n) is 7.48. The Morgan fingerprint density at radius 1 is 1.29 bits per heavy atom. The summed E-state index contributed by atoms with van der Waals surface area (Å²) in [6.45, 7) is 9.09. The maximum Gasteiger partial charge on any atom is 0.240 e. The average Bonchev–Trinajstić information content (AvgIpc) is 2.81. The number of aromatic nitrogens is 1. The molecule has 0 aliphatic rings. The maximum absolute atomic E-state index is 12.1. The topological polar surface area (TPSA) is 43.3 Å².